The van der Waals surface area contributed by atoms with Gasteiger partial charge in [0.15, 0.2) is 0 Å². The molecule has 0 atom stereocenters. The highest BCUT2D eigenvalue weighted by Gasteiger charge is 2.14. The van der Waals surface area contributed by atoms with Crippen LogP contribution in [0.3, 0.4) is 0 Å². The molecule has 144 valence electrons. The lowest BCUT2D eigenvalue weighted by molar-refractivity contribution is -0.115. The van der Waals surface area contributed by atoms with Crippen molar-refractivity contribution in [1.29, 1.82) is 5.26 Å². The summed E-state index contributed by atoms with van der Waals surface area (Å²) in [5.41, 5.74) is 2.40. The van der Waals surface area contributed by atoms with Gasteiger partial charge in [-0.05, 0) is 48.5 Å². The van der Waals surface area contributed by atoms with Crippen LogP contribution in [0.5, 0.6) is 0 Å². The van der Waals surface area contributed by atoms with E-state index < -0.39 is 0 Å². The van der Waals surface area contributed by atoms with Gasteiger partial charge in [-0.3, -0.25) is 9.59 Å². The van der Waals surface area contributed by atoms with E-state index in [1.54, 1.807) is 49.4 Å². The van der Waals surface area contributed by atoms with Crippen molar-refractivity contribution in [3.63, 3.8) is 0 Å². The number of carbonyl (C=O) groups is 2. The number of amides is 2. The van der Waals surface area contributed by atoms with E-state index in [4.69, 9.17) is 0 Å². The number of nitriles is 1. The van der Waals surface area contributed by atoms with Gasteiger partial charge in [-0.2, -0.15) is 5.26 Å². The van der Waals surface area contributed by atoms with Gasteiger partial charge >= 0.3 is 0 Å². The number of hydrogen-bond donors (Lipinski definition) is 2. The van der Waals surface area contributed by atoms with Crippen molar-refractivity contribution in [3.8, 4) is 6.07 Å². The third-order valence-corrected chi connectivity index (χ3v) is 5.26. The number of carbonyl (C=O) groups excluding carboxylic acids is 2. The Bertz CT molecular complexity index is 1070. The molecule has 0 bridgehead atoms. The third kappa shape index (κ3) is 5.24. The maximum absolute atomic E-state index is 12.8. The molecule has 0 radical (unpaired) electrons. The minimum Gasteiger partial charge on any atom is -0.326 e. The van der Waals surface area contributed by atoms with Gasteiger partial charge in [0.1, 0.15) is 6.07 Å². The Balaban J connectivity index is 1.77. The van der Waals surface area contributed by atoms with E-state index in [9.17, 15) is 14.9 Å². The van der Waals surface area contributed by atoms with Crippen molar-refractivity contribution in [2.75, 3.05) is 10.6 Å². The smallest absolute Gasteiger partial charge is 0.256 e. The Morgan fingerprint density at radius 2 is 1.45 bits per heavy atom. The normalized spacial score (nSPS) is 10.1. The van der Waals surface area contributed by atoms with Crippen LogP contribution in [-0.2, 0) is 4.79 Å². The van der Waals surface area contributed by atoms with Gasteiger partial charge in [0.2, 0.25) is 5.91 Å². The molecule has 2 N–H and O–H groups in total. The quantitative estimate of drug-likeness (QED) is 0.586. The van der Waals surface area contributed by atoms with Crippen molar-refractivity contribution in [1.82, 2.24) is 0 Å². The van der Waals surface area contributed by atoms with E-state index in [0.29, 0.717) is 28.9 Å². The Morgan fingerprint density at radius 1 is 0.862 bits per heavy atom. The third-order valence-electron chi connectivity index (χ3n) is 4.11. The van der Waals surface area contributed by atoms with Crippen LogP contribution in [0.4, 0.5) is 11.4 Å². The zero-order chi connectivity index (χ0) is 20.6. The lowest BCUT2D eigenvalue weighted by atomic mass is 10.2. The maximum Gasteiger partial charge on any atom is 0.256 e. The Morgan fingerprint density at radius 3 is 2.10 bits per heavy atom. The molecule has 0 aliphatic carbocycles. The summed E-state index contributed by atoms with van der Waals surface area (Å²) < 4.78 is 0. The van der Waals surface area contributed by atoms with Gasteiger partial charge in [0.05, 0.1) is 11.1 Å². The first-order chi connectivity index (χ1) is 14.1. The van der Waals surface area contributed by atoms with Crippen molar-refractivity contribution >= 4 is 35.0 Å². The second kappa shape index (κ2) is 9.58. The van der Waals surface area contributed by atoms with Gasteiger partial charge in [0.25, 0.3) is 5.91 Å². The molecule has 0 unspecified atom stereocenters. The number of benzene rings is 3. The van der Waals surface area contributed by atoms with E-state index >= 15 is 0 Å². The van der Waals surface area contributed by atoms with Crippen molar-refractivity contribution < 1.29 is 9.59 Å². The fourth-order valence-electron chi connectivity index (χ4n) is 2.59. The predicted molar refractivity (Wildman–Crippen MR) is 115 cm³/mol. The summed E-state index contributed by atoms with van der Waals surface area (Å²) in [6, 6.07) is 23.7. The van der Waals surface area contributed by atoms with Gasteiger partial charge in [-0.15, -0.1) is 0 Å². The first-order valence-corrected chi connectivity index (χ1v) is 9.89. The van der Waals surface area contributed by atoms with Gasteiger partial charge < -0.3 is 10.6 Å². The molecule has 2 amide bonds. The lowest BCUT2D eigenvalue weighted by Crippen LogP contribution is -2.13. The van der Waals surface area contributed by atoms with Crippen LogP contribution < -0.4 is 10.6 Å². The van der Waals surface area contributed by atoms with E-state index in [1.807, 2.05) is 30.3 Å². The number of nitrogens with one attached hydrogen (secondary N) is 2. The van der Waals surface area contributed by atoms with E-state index in [2.05, 4.69) is 16.7 Å². The fraction of sp³-hybridized carbons (Fsp3) is 0.0870. The van der Waals surface area contributed by atoms with E-state index in [-0.39, 0.29) is 11.8 Å². The summed E-state index contributed by atoms with van der Waals surface area (Å²) in [6.07, 6.45) is 0.405. The van der Waals surface area contributed by atoms with Crippen molar-refractivity contribution in [2.24, 2.45) is 0 Å². The van der Waals surface area contributed by atoms with Crippen LogP contribution in [0.1, 0.15) is 29.3 Å². The summed E-state index contributed by atoms with van der Waals surface area (Å²) in [6.45, 7) is 1.79. The van der Waals surface area contributed by atoms with Gasteiger partial charge in [0, 0.05) is 27.6 Å². The number of rotatable bonds is 6. The Labute approximate surface area is 173 Å². The number of hydrogen-bond acceptors (Lipinski definition) is 4. The molecule has 3 aromatic rings. The minimum atomic E-state index is -0.243. The standard InChI is InChI=1S/C23H19N3O2S/c1-2-22(27)25-17-11-13-18(14-12-17)26-23(28)19-8-4-6-10-21(19)29-20-9-5-3-7-16(20)15-24/h3-14H,2H2,1H3,(H,25,27)(H,26,28). The van der Waals surface area contributed by atoms with E-state index in [1.165, 1.54) is 11.8 Å². The topological polar surface area (TPSA) is 82.0 Å². The molecule has 3 aromatic carbocycles. The zero-order valence-corrected chi connectivity index (χ0v) is 16.6. The molecule has 0 saturated carbocycles. The highest BCUT2D eigenvalue weighted by molar-refractivity contribution is 7.99. The average molecular weight is 401 g/mol. The molecule has 0 aromatic heterocycles. The summed E-state index contributed by atoms with van der Waals surface area (Å²) in [5.74, 6) is -0.307. The molecule has 0 heterocycles. The van der Waals surface area contributed by atoms with Crippen LogP contribution in [0.25, 0.3) is 0 Å². The molecule has 0 fully saturated rings. The first-order valence-electron chi connectivity index (χ1n) is 9.08. The highest BCUT2D eigenvalue weighted by Crippen LogP contribution is 2.33. The molecule has 5 nitrogen and oxygen atoms in total. The van der Waals surface area contributed by atoms with Crippen molar-refractivity contribution in [2.45, 2.75) is 23.1 Å². The predicted octanol–water partition coefficient (Wildman–Crippen LogP) is 5.31. The second-order valence-electron chi connectivity index (χ2n) is 6.14. The minimum absolute atomic E-state index is 0.0645. The van der Waals surface area contributed by atoms with Crippen LogP contribution in [0.15, 0.2) is 82.6 Å². The summed E-state index contributed by atoms with van der Waals surface area (Å²) in [7, 11) is 0. The molecular formula is C23H19N3O2S. The number of nitrogens with zero attached hydrogens (tertiary/aromatic N) is 1. The SMILES string of the molecule is CCC(=O)Nc1ccc(NC(=O)c2ccccc2Sc2ccccc2C#N)cc1. The average Bonchev–Trinajstić information content (AvgIpc) is 2.75. The van der Waals surface area contributed by atoms with Crippen LogP contribution in [0.2, 0.25) is 0 Å². The molecular weight excluding hydrogens is 382 g/mol. The molecule has 29 heavy (non-hydrogen) atoms. The monoisotopic (exact) mass is 401 g/mol. The highest BCUT2D eigenvalue weighted by atomic mass is 32.2. The van der Waals surface area contributed by atoms with E-state index in [0.717, 1.165) is 9.79 Å². The zero-order valence-electron chi connectivity index (χ0n) is 15.8. The molecule has 3 rings (SSSR count). The molecule has 0 saturated heterocycles. The Hall–Kier alpha value is -3.56. The molecule has 0 aliphatic rings. The number of anilines is 2. The van der Waals surface area contributed by atoms with Gasteiger partial charge in [-0.1, -0.05) is 43.0 Å². The second-order valence-corrected chi connectivity index (χ2v) is 7.22. The summed E-state index contributed by atoms with van der Waals surface area (Å²) in [4.78, 5) is 25.8. The molecule has 6 heteroatoms. The van der Waals surface area contributed by atoms with Crippen LogP contribution >= 0.6 is 11.8 Å². The Kier molecular flexibility index (Phi) is 6.67. The van der Waals surface area contributed by atoms with Gasteiger partial charge in [-0.25, -0.2) is 0 Å². The fourth-order valence-corrected chi connectivity index (χ4v) is 3.62. The summed E-state index contributed by atoms with van der Waals surface area (Å²) in [5, 5.41) is 14.9. The maximum atomic E-state index is 12.8. The van der Waals surface area contributed by atoms with Crippen LogP contribution in [0, 0.1) is 11.3 Å². The summed E-state index contributed by atoms with van der Waals surface area (Å²) >= 11 is 1.39. The first kappa shape index (κ1) is 20.2. The largest absolute Gasteiger partial charge is 0.326 e. The molecule has 0 spiro atoms. The van der Waals surface area contributed by atoms with Crippen molar-refractivity contribution in [3.05, 3.63) is 83.9 Å². The molecule has 0 aliphatic heterocycles. The lowest BCUT2D eigenvalue weighted by Gasteiger charge is -2.11. The van der Waals surface area contributed by atoms with Crippen LogP contribution in [-0.4, -0.2) is 11.8 Å².